The molecule has 3 heterocycles. The second-order valence-electron chi connectivity index (χ2n) is 8.75. The number of benzene rings is 1. The number of nitrogens with zero attached hydrogens (tertiary/aromatic N) is 1. The predicted molar refractivity (Wildman–Crippen MR) is 121 cm³/mol. The number of pyridine rings is 1. The summed E-state index contributed by atoms with van der Waals surface area (Å²) < 4.78 is 77.3. The summed E-state index contributed by atoms with van der Waals surface area (Å²) in [6, 6.07) is 5.08. The van der Waals surface area contributed by atoms with Crippen molar-refractivity contribution in [1.82, 2.24) is 4.57 Å². The minimum atomic E-state index is -5.09. The average Bonchev–Trinajstić information content (AvgIpc) is 3.37. The fraction of sp³-hybridized carbons (Fsp3) is 0.409. The molecule has 4 rings (SSSR count). The average molecular weight is 518 g/mol. The fourth-order valence-corrected chi connectivity index (χ4v) is 5.37. The van der Waals surface area contributed by atoms with E-state index >= 15 is 0 Å². The topological polar surface area (TPSA) is 98.7 Å². The molecule has 3 aromatic rings. The van der Waals surface area contributed by atoms with Crippen molar-refractivity contribution in [2.45, 2.75) is 47.7 Å². The van der Waals surface area contributed by atoms with Crippen molar-refractivity contribution in [2.24, 2.45) is 0 Å². The van der Waals surface area contributed by atoms with Crippen LogP contribution in [-0.2, 0) is 27.5 Å². The molecule has 1 aromatic carbocycles. The van der Waals surface area contributed by atoms with E-state index in [4.69, 9.17) is 9.15 Å². The lowest BCUT2D eigenvalue weighted by Crippen LogP contribution is -2.51. The number of thiol groups is 1. The van der Waals surface area contributed by atoms with E-state index in [1.54, 1.807) is 0 Å². The maximum absolute atomic E-state index is 14.3. The van der Waals surface area contributed by atoms with Gasteiger partial charge in [-0.1, -0.05) is 0 Å². The van der Waals surface area contributed by atoms with Gasteiger partial charge in [-0.2, -0.15) is 25.8 Å². The molecular formula is C22H22F3NO6S2. The Hall–Kier alpha value is -2.44. The highest BCUT2D eigenvalue weighted by Gasteiger charge is 2.57. The van der Waals surface area contributed by atoms with E-state index < -0.39 is 44.8 Å². The minimum absolute atomic E-state index is 0.0666. The smallest absolute Gasteiger partial charge is 0.419 e. The van der Waals surface area contributed by atoms with Gasteiger partial charge in [0.15, 0.2) is 21.0 Å². The summed E-state index contributed by atoms with van der Waals surface area (Å²) in [4.78, 5) is 11.9. The number of sulfone groups is 1. The zero-order valence-electron chi connectivity index (χ0n) is 18.2. The van der Waals surface area contributed by atoms with Crippen molar-refractivity contribution in [3.8, 4) is 5.75 Å². The second-order valence-corrected chi connectivity index (χ2v) is 11.8. The molecule has 0 saturated heterocycles. The Labute approximate surface area is 198 Å². The van der Waals surface area contributed by atoms with Gasteiger partial charge in [-0.25, -0.2) is 8.42 Å². The van der Waals surface area contributed by atoms with Crippen molar-refractivity contribution in [2.75, 3.05) is 12.9 Å². The number of ether oxygens (including phenoxy) is 1. The molecule has 184 valence electrons. The molecule has 2 atom stereocenters. The Bertz CT molecular complexity index is 1420. The number of hydrogen-bond donors (Lipinski definition) is 2. The zero-order chi connectivity index (χ0) is 25.1. The van der Waals surface area contributed by atoms with Gasteiger partial charge in [0, 0.05) is 47.7 Å². The molecule has 7 nitrogen and oxygen atoms in total. The van der Waals surface area contributed by atoms with Crippen LogP contribution in [0.15, 0.2) is 50.8 Å². The van der Waals surface area contributed by atoms with Crippen molar-refractivity contribution >= 4 is 33.6 Å². The van der Waals surface area contributed by atoms with Gasteiger partial charge < -0.3 is 18.8 Å². The second kappa shape index (κ2) is 8.06. The molecule has 34 heavy (non-hydrogen) atoms. The third-order valence-electron chi connectivity index (χ3n) is 5.95. The monoisotopic (exact) mass is 517 g/mol. The van der Waals surface area contributed by atoms with Gasteiger partial charge in [-0.3, -0.25) is 4.79 Å². The maximum Gasteiger partial charge on any atom is 0.419 e. The Balaban J connectivity index is 1.80. The lowest BCUT2D eigenvalue weighted by atomic mass is 9.84. The van der Waals surface area contributed by atoms with Crippen LogP contribution in [0.4, 0.5) is 13.2 Å². The first-order chi connectivity index (χ1) is 15.6. The highest BCUT2D eigenvalue weighted by molar-refractivity contribution is 7.90. The summed E-state index contributed by atoms with van der Waals surface area (Å²) in [7, 11) is -3.67. The van der Waals surface area contributed by atoms with Gasteiger partial charge in [0.25, 0.3) is 0 Å². The quantitative estimate of drug-likeness (QED) is 0.486. The molecule has 2 aromatic heterocycles. The highest BCUT2D eigenvalue weighted by Crippen LogP contribution is 2.49. The standard InChI is InChI=1S/C22H22F3NO6S2/c1-20(33,15-10-14(34(2,29)30)9-13-4-7-31-18(13)15)11-21(28,22(23,24)25)12-26-6-3-17(27)19-16(26)5-8-32-19/h3,5-6,8-10,28,33H,4,7,11-12H2,1-2H3. The summed E-state index contributed by atoms with van der Waals surface area (Å²) in [5, 5.41) is 11.0. The number of aromatic nitrogens is 1. The van der Waals surface area contributed by atoms with E-state index in [1.165, 1.54) is 31.4 Å². The highest BCUT2D eigenvalue weighted by atomic mass is 32.2. The van der Waals surface area contributed by atoms with E-state index in [0.717, 1.165) is 23.1 Å². The van der Waals surface area contributed by atoms with E-state index in [-0.39, 0.29) is 33.9 Å². The van der Waals surface area contributed by atoms with Crippen molar-refractivity contribution < 1.29 is 35.8 Å². The molecule has 2 unspecified atom stereocenters. The number of hydrogen-bond acceptors (Lipinski definition) is 7. The molecule has 0 spiro atoms. The molecular weight excluding hydrogens is 495 g/mol. The maximum atomic E-state index is 14.3. The predicted octanol–water partition coefficient (Wildman–Crippen LogP) is 3.46. The SMILES string of the molecule is CC(S)(CC(O)(Cn1ccc(=O)c2occc21)C(F)(F)F)c1cc(S(C)(=O)=O)cc2c1OCC2. The molecule has 12 heteroatoms. The Morgan fingerprint density at radius 1 is 1.24 bits per heavy atom. The van der Waals surface area contributed by atoms with Crippen LogP contribution >= 0.6 is 12.6 Å². The Kier molecular flexibility index (Phi) is 5.85. The van der Waals surface area contributed by atoms with Gasteiger partial charge in [-0.05, 0) is 24.6 Å². The van der Waals surface area contributed by atoms with Crippen LogP contribution in [-0.4, -0.2) is 42.7 Å². The zero-order valence-corrected chi connectivity index (χ0v) is 19.9. The number of rotatable bonds is 6. The van der Waals surface area contributed by atoms with E-state index in [0.29, 0.717) is 12.0 Å². The molecule has 1 aliphatic rings. The summed E-state index contributed by atoms with van der Waals surface area (Å²) in [5.74, 6) is 0.273. The van der Waals surface area contributed by atoms with Crippen LogP contribution in [0.2, 0.25) is 0 Å². The lowest BCUT2D eigenvalue weighted by Gasteiger charge is -2.38. The largest absolute Gasteiger partial charge is 0.493 e. The third kappa shape index (κ3) is 4.34. The molecule has 0 fully saturated rings. The van der Waals surface area contributed by atoms with Crippen LogP contribution in [0.25, 0.3) is 11.1 Å². The Morgan fingerprint density at radius 2 is 1.94 bits per heavy atom. The molecule has 0 bridgehead atoms. The van der Waals surface area contributed by atoms with Gasteiger partial charge >= 0.3 is 6.18 Å². The van der Waals surface area contributed by atoms with Crippen molar-refractivity contribution in [1.29, 1.82) is 0 Å². The van der Waals surface area contributed by atoms with Crippen molar-refractivity contribution in [3.63, 3.8) is 0 Å². The first kappa shape index (κ1) is 24.7. The number of aliphatic hydroxyl groups is 1. The van der Waals surface area contributed by atoms with Crippen LogP contribution in [0, 0.1) is 0 Å². The van der Waals surface area contributed by atoms with Gasteiger partial charge in [0.2, 0.25) is 5.43 Å². The summed E-state index contributed by atoms with van der Waals surface area (Å²) in [5.41, 5.74) is -3.14. The van der Waals surface area contributed by atoms with E-state index in [9.17, 15) is 31.5 Å². The normalized spacial score (nSPS) is 17.7. The summed E-state index contributed by atoms with van der Waals surface area (Å²) >= 11 is 4.47. The first-order valence-electron chi connectivity index (χ1n) is 10.2. The third-order valence-corrected chi connectivity index (χ3v) is 7.44. The molecule has 1 aliphatic heterocycles. The molecule has 0 radical (unpaired) electrons. The van der Waals surface area contributed by atoms with Crippen LogP contribution < -0.4 is 10.2 Å². The minimum Gasteiger partial charge on any atom is -0.493 e. The van der Waals surface area contributed by atoms with E-state index in [2.05, 4.69) is 12.6 Å². The molecule has 0 aliphatic carbocycles. The van der Waals surface area contributed by atoms with Crippen LogP contribution in [0.1, 0.15) is 24.5 Å². The van der Waals surface area contributed by atoms with Gasteiger partial charge in [0.05, 0.1) is 29.8 Å². The van der Waals surface area contributed by atoms with E-state index in [1.807, 2.05) is 0 Å². The first-order valence-corrected chi connectivity index (χ1v) is 12.5. The number of fused-ring (bicyclic) bond motifs is 2. The summed E-state index contributed by atoms with van der Waals surface area (Å²) in [6.45, 7) is 0.672. The number of furan rings is 1. The van der Waals surface area contributed by atoms with Gasteiger partial charge in [0.1, 0.15) is 5.75 Å². The number of alkyl halides is 3. The van der Waals surface area contributed by atoms with Crippen LogP contribution in [0.5, 0.6) is 5.75 Å². The van der Waals surface area contributed by atoms with Crippen LogP contribution in [0.3, 0.4) is 0 Å². The number of halogens is 3. The molecule has 0 saturated carbocycles. The fourth-order valence-electron chi connectivity index (χ4n) is 4.25. The molecule has 0 amide bonds. The van der Waals surface area contributed by atoms with Crippen molar-refractivity contribution in [3.05, 3.63) is 58.1 Å². The summed E-state index contributed by atoms with van der Waals surface area (Å²) in [6.07, 6.45) is -2.29. The Morgan fingerprint density at radius 3 is 2.59 bits per heavy atom. The molecule has 1 N–H and O–H groups in total. The lowest BCUT2D eigenvalue weighted by molar-refractivity contribution is -0.269. The van der Waals surface area contributed by atoms with Gasteiger partial charge in [-0.15, -0.1) is 0 Å².